The molecule has 0 saturated heterocycles. The Morgan fingerprint density at radius 2 is 0.842 bits per heavy atom. The standard InChI is InChI=1S/C13H34O3Si3/c1-17(2,3)13(18(4,5)6,19(7,8)9)11-10-12(14,15)16/h14-16H,10-11H2,1-9H3. The van der Waals surface area contributed by atoms with Gasteiger partial charge in [0.1, 0.15) is 0 Å². The molecule has 0 radical (unpaired) electrons. The van der Waals surface area contributed by atoms with E-state index in [1.54, 1.807) is 0 Å². The van der Waals surface area contributed by atoms with Gasteiger partial charge < -0.3 is 15.3 Å². The number of rotatable bonds is 6. The van der Waals surface area contributed by atoms with Gasteiger partial charge in [-0.15, -0.1) is 0 Å². The molecule has 0 atom stereocenters. The molecule has 3 nitrogen and oxygen atoms in total. The normalized spacial score (nSPS) is 15.8. The van der Waals surface area contributed by atoms with E-state index in [0.717, 1.165) is 6.42 Å². The summed E-state index contributed by atoms with van der Waals surface area (Å²) >= 11 is 0. The molecule has 0 heterocycles. The van der Waals surface area contributed by atoms with E-state index in [1.807, 2.05) is 0 Å². The van der Waals surface area contributed by atoms with Crippen molar-refractivity contribution < 1.29 is 15.3 Å². The third-order valence-electron chi connectivity index (χ3n) is 4.68. The highest BCUT2D eigenvalue weighted by molar-refractivity contribution is 7.15. The van der Waals surface area contributed by atoms with Crippen molar-refractivity contribution in [2.45, 2.75) is 82.0 Å². The first-order chi connectivity index (χ1) is 7.96. The molecule has 0 unspecified atom stereocenters. The van der Waals surface area contributed by atoms with Crippen LogP contribution in [0.25, 0.3) is 0 Å². The highest BCUT2D eigenvalue weighted by Crippen LogP contribution is 2.57. The van der Waals surface area contributed by atoms with Crippen molar-refractivity contribution in [3.05, 3.63) is 0 Å². The fourth-order valence-corrected chi connectivity index (χ4v) is 34.5. The van der Waals surface area contributed by atoms with Crippen LogP contribution < -0.4 is 0 Å². The van der Waals surface area contributed by atoms with E-state index in [-0.39, 0.29) is 10.7 Å². The van der Waals surface area contributed by atoms with Crippen LogP contribution in [0, 0.1) is 0 Å². The molecular weight excluding hydrogens is 288 g/mol. The van der Waals surface area contributed by atoms with E-state index in [1.165, 1.54) is 0 Å². The van der Waals surface area contributed by atoms with Gasteiger partial charge in [-0.3, -0.25) is 0 Å². The quantitative estimate of drug-likeness (QED) is 0.520. The fraction of sp³-hybridized carbons (Fsp3) is 1.00. The molecule has 0 aromatic heterocycles. The molecule has 0 aliphatic carbocycles. The zero-order valence-electron chi connectivity index (χ0n) is 14.3. The fourth-order valence-electron chi connectivity index (χ4n) is 4.86. The molecule has 3 N–H and O–H groups in total. The molecular formula is C13H34O3Si3. The minimum Gasteiger partial charge on any atom is -0.344 e. The number of hydrogen-bond acceptors (Lipinski definition) is 3. The van der Waals surface area contributed by atoms with Crippen molar-refractivity contribution in [1.82, 2.24) is 0 Å². The highest BCUT2D eigenvalue weighted by atomic mass is 28.5. The Morgan fingerprint density at radius 3 is 1.00 bits per heavy atom. The predicted molar refractivity (Wildman–Crippen MR) is 91.4 cm³/mol. The van der Waals surface area contributed by atoms with Crippen molar-refractivity contribution in [2.24, 2.45) is 0 Å². The Balaban J connectivity index is 5.83. The van der Waals surface area contributed by atoms with Crippen molar-refractivity contribution in [1.29, 1.82) is 0 Å². The second-order valence-corrected chi connectivity index (χ2v) is 26.5. The lowest BCUT2D eigenvalue weighted by atomic mass is 10.3. The summed E-state index contributed by atoms with van der Waals surface area (Å²) in [7, 11) is -4.55. The van der Waals surface area contributed by atoms with Crippen LogP contribution in [-0.2, 0) is 0 Å². The molecule has 0 saturated carbocycles. The van der Waals surface area contributed by atoms with Gasteiger partial charge in [0.25, 0.3) is 5.97 Å². The lowest BCUT2D eigenvalue weighted by Gasteiger charge is -2.59. The van der Waals surface area contributed by atoms with Crippen molar-refractivity contribution in [3.8, 4) is 0 Å². The second kappa shape index (κ2) is 5.38. The summed E-state index contributed by atoms with van der Waals surface area (Å²) in [5, 5.41) is 28.0. The summed E-state index contributed by atoms with van der Waals surface area (Å²) < 4.78 is 0.256. The van der Waals surface area contributed by atoms with Gasteiger partial charge in [-0.25, -0.2) is 0 Å². The summed E-state index contributed by atoms with van der Waals surface area (Å²) in [5.41, 5.74) is 0. The van der Waals surface area contributed by atoms with Gasteiger partial charge in [0, 0.05) is 30.6 Å². The molecule has 6 heteroatoms. The maximum Gasteiger partial charge on any atom is 0.275 e. The smallest absolute Gasteiger partial charge is 0.275 e. The van der Waals surface area contributed by atoms with E-state index in [0.29, 0.717) is 0 Å². The SMILES string of the molecule is C[Si](C)(C)C(CCC(O)(O)O)([Si](C)(C)C)[Si](C)(C)C. The molecule has 0 aliphatic heterocycles. The average molecular weight is 323 g/mol. The monoisotopic (exact) mass is 322 g/mol. The van der Waals surface area contributed by atoms with Gasteiger partial charge in [0.15, 0.2) is 0 Å². The third-order valence-corrected chi connectivity index (χ3v) is 26.6. The van der Waals surface area contributed by atoms with Crippen LogP contribution >= 0.6 is 0 Å². The molecule has 0 aromatic rings. The lowest BCUT2D eigenvalue weighted by Crippen LogP contribution is -2.66. The Bertz CT molecular complexity index is 267. The van der Waals surface area contributed by atoms with Crippen molar-refractivity contribution in [2.75, 3.05) is 0 Å². The minimum absolute atomic E-state index is 0.0613. The molecule has 0 spiro atoms. The predicted octanol–water partition coefficient (Wildman–Crippen LogP) is 3.23. The van der Waals surface area contributed by atoms with Gasteiger partial charge in [0.2, 0.25) is 0 Å². The van der Waals surface area contributed by atoms with Gasteiger partial charge >= 0.3 is 0 Å². The zero-order chi connectivity index (χ0) is 15.9. The minimum atomic E-state index is -2.52. The summed E-state index contributed by atoms with van der Waals surface area (Å²) in [4.78, 5) is 0. The van der Waals surface area contributed by atoms with Crippen LogP contribution in [0.2, 0.25) is 63.2 Å². The Labute approximate surface area is 122 Å². The van der Waals surface area contributed by atoms with Gasteiger partial charge in [0.05, 0.1) is 0 Å². The summed E-state index contributed by atoms with van der Waals surface area (Å²) in [6.45, 7) is 21.6. The van der Waals surface area contributed by atoms with Crippen LogP contribution in [0.1, 0.15) is 12.8 Å². The molecule has 19 heavy (non-hydrogen) atoms. The van der Waals surface area contributed by atoms with E-state index < -0.39 is 30.2 Å². The van der Waals surface area contributed by atoms with Crippen molar-refractivity contribution in [3.63, 3.8) is 0 Å². The number of hydrogen-bond donors (Lipinski definition) is 3. The Morgan fingerprint density at radius 1 is 0.579 bits per heavy atom. The molecule has 0 bridgehead atoms. The molecule has 0 rings (SSSR count). The average Bonchev–Trinajstić information content (AvgIpc) is 1.92. The van der Waals surface area contributed by atoms with Crippen LogP contribution in [0.4, 0.5) is 0 Å². The highest BCUT2D eigenvalue weighted by Gasteiger charge is 2.59. The van der Waals surface area contributed by atoms with Crippen LogP contribution in [0.5, 0.6) is 0 Å². The molecule has 0 fully saturated rings. The Kier molecular flexibility index (Phi) is 5.53. The van der Waals surface area contributed by atoms with E-state index in [2.05, 4.69) is 58.9 Å². The first kappa shape index (κ1) is 19.5. The summed E-state index contributed by atoms with van der Waals surface area (Å²) in [5.74, 6) is -2.52. The molecule has 0 aliphatic rings. The van der Waals surface area contributed by atoms with E-state index in [4.69, 9.17) is 0 Å². The first-order valence-corrected chi connectivity index (χ1v) is 17.6. The zero-order valence-corrected chi connectivity index (χ0v) is 17.3. The van der Waals surface area contributed by atoms with Crippen LogP contribution in [0.3, 0.4) is 0 Å². The van der Waals surface area contributed by atoms with Gasteiger partial charge in [-0.1, -0.05) is 58.9 Å². The molecule has 116 valence electrons. The third kappa shape index (κ3) is 4.25. The summed E-state index contributed by atoms with van der Waals surface area (Å²) in [6, 6.07) is 0. The maximum atomic E-state index is 9.34. The first-order valence-electron chi connectivity index (χ1n) is 7.13. The maximum absolute atomic E-state index is 9.34. The van der Waals surface area contributed by atoms with Crippen LogP contribution in [0.15, 0.2) is 0 Å². The second-order valence-electron chi connectivity index (χ2n) is 8.93. The Hall–Kier alpha value is 0.531. The summed E-state index contributed by atoms with van der Waals surface area (Å²) in [6.07, 6.45) is 0.795. The molecule has 0 aromatic carbocycles. The number of aliphatic hydroxyl groups is 3. The van der Waals surface area contributed by atoms with E-state index in [9.17, 15) is 15.3 Å². The van der Waals surface area contributed by atoms with E-state index >= 15 is 0 Å². The molecule has 0 amide bonds. The topological polar surface area (TPSA) is 60.7 Å². The van der Waals surface area contributed by atoms with Crippen LogP contribution in [-0.4, -0.2) is 45.5 Å². The van der Waals surface area contributed by atoms with Gasteiger partial charge in [-0.2, -0.15) is 0 Å². The lowest BCUT2D eigenvalue weighted by molar-refractivity contribution is -0.314. The van der Waals surface area contributed by atoms with Gasteiger partial charge in [-0.05, 0) is 10.7 Å². The largest absolute Gasteiger partial charge is 0.344 e. The van der Waals surface area contributed by atoms with Crippen molar-refractivity contribution >= 4 is 24.2 Å².